The lowest BCUT2D eigenvalue weighted by atomic mass is 9.46. The van der Waals surface area contributed by atoms with Crippen LogP contribution in [0.4, 0.5) is 9.59 Å². The molecule has 0 N–H and O–H groups in total. The van der Waals surface area contributed by atoms with Crippen molar-refractivity contribution in [2.75, 3.05) is 27.2 Å². The Balaban J connectivity index is 1.09. The normalized spacial score (nSPS) is 48.0. The Bertz CT molecular complexity index is 1130. The van der Waals surface area contributed by atoms with Crippen molar-refractivity contribution in [1.29, 1.82) is 0 Å². The highest BCUT2D eigenvalue weighted by Gasteiger charge is 2.81. The van der Waals surface area contributed by atoms with Crippen molar-refractivity contribution in [1.82, 2.24) is 9.80 Å². The highest BCUT2D eigenvalue weighted by Crippen LogP contribution is 2.87. The predicted octanol–water partition coefficient (Wildman–Crippen LogP) is 7.37. The molecule has 7 fully saturated rings. The second-order valence-electron chi connectivity index (χ2n) is 17.6. The van der Waals surface area contributed by atoms with Gasteiger partial charge in [-0.1, -0.05) is 41.5 Å². The van der Waals surface area contributed by atoms with E-state index in [2.05, 4.69) is 41.5 Å². The van der Waals surface area contributed by atoms with Crippen molar-refractivity contribution in [3.63, 3.8) is 0 Å². The smallest absolute Gasteiger partial charge is 0.410 e. The van der Waals surface area contributed by atoms with Crippen LogP contribution in [-0.2, 0) is 14.2 Å². The molecule has 7 heteroatoms. The number of carbonyl (C=O) groups is 2. The maximum absolute atomic E-state index is 12.8. The summed E-state index contributed by atoms with van der Waals surface area (Å²) in [5, 5.41) is 0. The van der Waals surface area contributed by atoms with Crippen molar-refractivity contribution >= 4 is 12.2 Å². The van der Waals surface area contributed by atoms with Gasteiger partial charge in [-0.2, -0.15) is 0 Å². The van der Waals surface area contributed by atoms with Gasteiger partial charge < -0.3 is 24.0 Å². The zero-order chi connectivity index (χ0) is 30.7. The molecule has 7 aliphatic rings. The number of ether oxygens (including phenoxy) is 3. The van der Waals surface area contributed by atoms with Gasteiger partial charge in [-0.05, 0) is 116 Å². The number of fused-ring (bicyclic) bond motifs is 4. The van der Waals surface area contributed by atoms with Crippen LogP contribution in [0.15, 0.2) is 0 Å². The number of amides is 2. The van der Waals surface area contributed by atoms with Gasteiger partial charge in [0.1, 0.15) is 12.2 Å². The van der Waals surface area contributed by atoms with Crippen LogP contribution >= 0.6 is 0 Å². The van der Waals surface area contributed by atoms with Crippen molar-refractivity contribution in [3.05, 3.63) is 0 Å². The monoisotopic (exact) mass is 598 g/mol. The van der Waals surface area contributed by atoms with E-state index in [-0.39, 0.29) is 47.9 Å². The molecular formula is C36H58N2O5. The van der Waals surface area contributed by atoms with E-state index in [9.17, 15) is 9.59 Å². The second-order valence-corrected chi connectivity index (χ2v) is 17.6. The Morgan fingerprint density at radius 2 is 1.70 bits per heavy atom. The first-order chi connectivity index (χ1) is 20.2. The fraction of sp³-hybridized carbons (Fsp3) is 0.944. The van der Waals surface area contributed by atoms with E-state index >= 15 is 0 Å². The maximum Gasteiger partial charge on any atom is 0.410 e. The van der Waals surface area contributed by atoms with Crippen LogP contribution in [0.5, 0.6) is 0 Å². The third-order valence-electron chi connectivity index (χ3n) is 14.9. The third-order valence-corrected chi connectivity index (χ3v) is 14.9. The van der Waals surface area contributed by atoms with E-state index in [0.717, 1.165) is 38.3 Å². The summed E-state index contributed by atoms with van der Waals surface area (Å²) >= 11 is 0. The van der Waals surface area contributed by atoms with Crippen LogP contribution < -0.4 is 0 Å². The number of nitrogens with zero attached hydrogens (tertiary/aromatic N) is 2. The molecule has 2 amide bonds. The average Bonchev–Trinajstić information content (AvgIpc) is 3.46. The van der Waals surface area contributed by atoms with Crippen LogP contribution in [0.2, 0.25) is 0 Å². The summed E-state index contributed by atoms with van der Waals surface area (Å²) in [5.74, 6) is 3.50. The SMILES string of the molecule is CC(C)[C@@H](OC(=O)N(C)C)C1C[C@@H](C)C2C(CC3C4CC[C@H]5C(C)(C)[C@@H](OC(=O)N6CCC6)CCC56C[C@@]46CC[C@@]32C)O1. The lowest BCUT2D eigenvalue weighted by molar-refractivity contribution is -0.166. The standard InChI is InChI=1S/C36H58N2O5/c1-21(2)30(43-31(39)37(7)8)26-18-22(3)29-25(41-26)19-24-23-10-11-27-33(4,5)28(42-32(40)38-16-9-17-38)12-13-36(27)20-35(23,36)15-14-34(24,29)6/h21-30H,9-20H2,1-8H3/t22-,23?,24?,25?,26?,27+,28+,29?,30-,34+,35+,36?/m1/s1. The second kappa shape index (κ2) is 10.00. The molecule has 2 saturated heterocycles. The molecule has 43 heavy (non-hydrogen) atoms. The predicted molar refractivity (Wildman–Crippen MR) is 165 cm³/mol. The molecule has 2 aliphatic heterocycles. The van der Waals surface area contributed by atoms with Crippen LogP contribution in [-0.4, -0.2) is 73.6 Å². The fourth-order valence-electron chi connectivity index (χ4n) is 12.8. The molecule has 2 heterocycles. The van der Waals surface area contributed by atoms with Gasteiger partial charge in [-0.25, -0.2) is 9.59 Å². The Hall–Kier alpha value is -1.50. The summed E-state index contributed by atoms with van der Waals surface area (Å²) in [4.78, 5) is 28.8. The highest BCUT2D eigenvalue weighted by molar-refractivity contribution is 5.68. The molecule has 0 aromatic heterocycles. The topological polar surface area (TPSA) is 68.3 Å². The summed E-state index contributed by atoms with van der Waals surface area (Å²) < 4.78 is 19.3. The molecule has 242 valence electrons. The Morgan fingerprint density at radius 1 is 0.953 bits per heavy atom. The van der Waals surface area contributed by atoms with Crippen molar-refractivity contribution in [2.24, 2.45) is 57.2 Å². The molecular weight excluding hydrogens is 540 g/mol. The van der Waals surface area contributed by atoms with Gasteiger partial charge in [0.05, 0.1) is 12.2 Å². The molecule has 0 aromatic carbocycles. The summed E-state index contributed by atoms with van der Waals surface area (Å²) in [7, 11) is 3.51. The molecule has 12 atom stereocenters. The van der Waals surface area contributed by atoms with Crippen LogP contribution in [0.3, 0.4) is 0 Å². The fourth-order valence-corrected chi connectivity index (χ4v) is 12.8. The number of hydrogen-bond donors (Lipinski definition) is 0. The van der Waals surface area contributed by atoms with Crippen LogP contribution in [0.1, 0.15) is 106 Å². The molecule has 0 bridgehead atoms. The van der Waals surface area contributed by atoms with Crippen molar-refractivity contribution in [2.45, 2.75) is 130 Å². The Morgan fingerprint density at radius 3 is 2.35 bits per heavy atom. The number of hydrogen-bond acceptors (Lipinski definition) is 5. The van der Waals surface area contributed by atoms with Gasteiger partial charge in [0.2, 0.25) is 0 Å². The molecule has 6 unspecified atom stereocenters. The molecule has 7 nitrogen and oxygen atoms in total. The van der Waals surface area contributed by atoms with Gasteiger partial charge in [0.25, 0.3) is 0 Å². The Kier molecular flexibility index (Phi) is 7.01. The number of carbonyl (C=O) groups excluding carboxylic acids is 2. The molecule has 7 rings (SSSR count). The number of rotatable bonds is 4. The minimum Gasteiger partial charge on any atom is -0.446 e. The highest BCUT2D eigenvalue weighted by atomic mass is 16.6. The van der Waals surface area contributed by atoms with Crippen molar-refractivity contribution in [3.8, 4) is 0 Å². The lowest BCUT2D eigenvalue weighted by Crippen LogP contribution is -2.56. The van der Waals surface area contributed by atoms with Gasteiger partial charge in [0.15, 0.2) is 0 Å². The van der Waals surface area contributed by atoms with E-state index in [1.165, 1.54) is 49.8 Å². The van der Waals surface area contributed by atoms with E-state index in [4.69, 9.17) is 14.2 Å². The molecule has 0 aromatic rings. The summed E-state index contributed by atoms with van der Waals surface area (Å²) in [6, 6.07) is 0. The van der Waals surface area contributed by atoms with Crippen molar-refractivity contribution < 1.29 is 23.8 Å². The zero-order valence-corrected chi connectivity index (χ0v) is 28.2. The summed E-state index contributed by atoms with van der Waals surface area (Å²) in [6.45, 7) is 15.9. The van der Waals surface area contributed by atoms with Gasteiger partial charge in [0, 0.05) is 32.6 Å². The van der Waals surface area contributed by atoms with Crippen LogP contribution in [0, 0.1) is 57.2 Å². The maximum atomic E-state index is 12.8. The van der Waals surface area contributed by atoms with Gasteiger partial charge >= 0.3 is 12.2 Å². The minimum absolute atomic E-state index is 0.0261. The Labute approximate surface area is 260 Å². The first-order valence-corrected chi connectivity index (χ1v) is 17.7. The van der Waals surface area contributed by atoms with E-state index < -0.39 is 0 Å². The first kappa shape index (κ1) is 30.2. The molecule has 2 spiro atoms. The zero-order valence-electron chi connectivity index (χ0n) is 28.2. The lowest BCUT2D eigenvalue weighted by Gasteiger charge is -2.59. The molecule has 5 aliphatic carbocycles. The van der Waals surface area contributed by atoms with E-state index in [0.29, 0.717) is 39.9 Å². The van der Waals surface area contributed by atoms with Crippen LogP contribution in [0.25, 0.3) is 0 Å². The summed E-state index contributed by atoms with van der Waals surface area (Å²) in [5.41, 5.74) is 1.26. The van der Waals surface area contributed by atoms with E-state index in [1.54, 1.807) is 14.1 Å². The summed E-state index contributed by atoms with van der Waals surface area (Å²) in [6.07, 6.45) is 11.9. The average molecular weight is 599 g/mol. The quantitative estimate of drug-likeness (QED) is 0.338. The minimum atomic E-state index is -0.269. The first-order valence-electron chi connectivity index (χ1n) is 17.7. The third kappa shape index (κ3) is 4.20. The van der Waals surface area contributed by atoms with E-state index in [1.807, 2.05) is 4.90 Å². The van der Waals surface area contributed by atoms with Gasteiger partial charge in [-0.15, -0.1) is 0 Å². The van der Waals surface area contributed by atoms with Gasteiger partial charge in [-0.3, -0.25) is 0 Å². The molecule has 0 radical (unpaired) electrons. The largest absolute Gasteiger partial charge is 0.446 e. The number of likely N-dealkylation sites (tertiary alicyclic amines) is 1. The molecule has 5 saturated carbocycles.